The fourth-order valence-corrected chi connectivity index (χ4v) is 2.84. The molecule has 2 aromatic rings. The van der Waals surface area contributed by atoms with Crippen molar-refractivity contribution in [2.75, 3.05) is 13.2 Å². The van der Waals surface area contributed by atoms with Crippen LogP contribution < -0.4 is 14.9 Å². The molecular weight excluding hydrogens is 412 g/mol. The number of nitrogens with one attached hydrogen (secondary N) is 1. The molecule has 0 atom stereocenters. The van der Waals surface area contributed by atoms with Gasteiger partial charge in [-0.05, 0) is 58.1 Å². The van der Waals surface area contributed by atoms with Gasteiger partial charge in [-0.1, -0.05) is 32.0 Å². The monoisotopic (exact) mass is 434 g/mol. The van der Waals surface area contributed by atoms with E-state index >= 15 is 0 Å². The second kappa shape index (κ2) is 9.97. The Hall–Kier alpha value is -2.54. The lowest BCUT2D eigenvalue weighted by Gasteiger charge is -2.13. The van der Waals surface area contributed by atoms with Crippen LogP contribution in [0.4, 0.5) is 0 Å². The van der Waals surface area contributed by atoms with Crippen molar-refractivity contribution in [1.29, 1.82) is 0 Å². The topological polar surface area (TPSA) is 80.2 Å². The molecule has 1 amide bonds. The van der Waals surface area contributed by atoms with Crippen LogP contribution in [0.1, 0.15) is 37.8 Å². The van der Waals surface area contributed by atoms with Crippen LogP contribution in [0.15, 0.2) is 46.0 Å². The van der Waals surface area contributed by atoms with E-state index in [1.54, 1.807) is 12.1 Å². The number of benzene rings is 2. The molecule has 0 aliphatic rings. The predicted octanol–water partition coefficient (Wildman–Crippen LogP) is 4.21. The maximum absolute atomic E-state index is 12.0. The van der Waals surface area contributed by atoms with E-state index in [1.807, 2.05) is 31.2 Å². The standard InChI is InChI=1S/C20H23BrN2O4/c1-4-26-18-10-14(9-16(21)20(18)25)11-22-23-19(24)12-27-17-8-6-5-7-15(17)13(2)3/h5-11,13,25H,4,12H2,1-3H3,(H,23,24)/b22-11+. The van der Waals surface area contributed by atoms with Crippen molar-refractivity contribution in [3.8, 4) is 17.2 Å². The zero-order valence-electron chi connectivity index (χ0n) is 15.5. The summed E-state index contributed by atoms with van der Waals surface area (Å²) < 4.78 is 11.4. The van der Waals surface area contributed by atoms with Crippen molar-refractivity contribution >= 4 is 28.1 Å². The van der Waals surface area contributed by atoms with Crippen molar-refractivity contribution in [3.05, 3.63) is 52.0 Å². The second-order valence-corrected chi connectivity index (χ2v) is 6.91. The third kappa shape index (κ3) is 5.99. The quantitative estimate of drug-likeness (QED) is 0.481. The summed E-state index contributed by atoms with van der Waals surface area (Å²) in [5.41, 5.74) is 4.13. The molecule has 2 aromatic carbocycles. The molecule has 6 nitrogen and oxygen atoms in total. The molecule has 144 valence electrons. The van der Waals surface area contributed by atoms with Gasteiger partial charge in [-0.25, -0.2) is 5.43 Å². The van der Waals surface area contributed by atoms with Crippen molar-refractivity contribution in [2.24, 2.45) is 5.10 Å². The Morgan fingerprint density at radius 3 is 2.70 bits per heavy atom. The van der Waals surface area contributed by atoms with Crippen LogP contribution in [-0.2, 0) is 4.79 Å². The third-order valence-corrected chi connectivity index (χ3v) is 4.26. The molecular formula is C20H23BrN2O4. The maximum Gasteiger partial charge on any atom is 0.277 e. The van der Waals surface area contributed by atoms with Crippen LogP contribution in [-0.4, -0.2) is 30.4 Å². The summed E-state index contributed by atoms with van der Waals surface area (Å²) in [7, 11) is 0. The lowest BCUT2D eigenvalue weighted by Crippen LogP contribution is -2.24. The molecule has 0 spiro atoms. The number of para-hydroxylation sites is 1. The zero-order chi connectivity index (χ0) is 19.8. The van der Waals surface area contributed by atoms with E-state index in [1.165, 1.54) is 6.21 Å². The number of aromatic hydroxyl groups is 1. The van der Waals surface area contributed by atoms with Crippen LogP contribution >= 0.6 is 15.9 Å². The van der Waals surface area contributed by atoms with E-state index in [9.17, 15) is 9.90 Å². The van der Waals surface area contributed by atoms with Crippen LogP contribution in [0.3, 0.4) is 0 Å². The molecule has 0 saturated heterocycles. The molecule has 0 aromatic heterocycles. The van der Waals surface area contributed by atoms with E-state index in [0.717, 1.165) is 5.56 Å². The summed E-state index contributed by atoms with van der Waals surface area (Å²) in [4.78, 5) is 12.0. The van der Waals surface area contributed by atoms with Crippen LogP contribution in [0.2, 0.25) is 0 Å². The first kappa shape index (κ1) is 20.8. The predicted molar refractivity (Wildman–Crippen MR) is 109 cm³/mol. The number of ether oxygens (including phenoxy) is 2. The van der Waals surface area contributed by atoms with Gasteiger partial charge in [0.1, 0.15) is 5.75 Å². The number of hydrazone groups is 1. The summed E-state index contributed by atoms with van der Waals surface area (Å²) in [5.74, 6) is 0.987. The van der Waals surface area contributed by atoms with Gasteiger partial charge in [0, 0.05) is 0 Å². The van der Waals surface area contributed by atoms with Crippen molar-refractivity contribution < 1.29 is 19.4 Å². The average molecular weight is 435 g/mol. The fourth-order valence-electron chi connectivity index (χ4n) is 2.38. The summed E-state index contributed by atoms with van der Waals surface area (Å²) >= 11 is 3.26. The van der Waals surface area contributed by atoms with E-state index in [-0.39, 0.29) is 18.3 Å². The van der Waals surface area contributed by atoms with Gasteiger partial charge in [0.15, 0.2) is 18.1 Å². The number of hydrogen-bond acceptors (Lipinski definition) is 5. The summed E-state index contributed by atoms with van der Waals surface area (Å²) in [6.45, 7) is 6.25. The number of carbonyl (C=O) groups is 1. The fraction of sp³-hybridized carbons (Fsp3) is 0.300. The maximum atomic E-state index is 12.0. The normalized spacial score (nSPS) is 11.0. The molecule has 0 aliphatic carbocycles. The van der Waals surface area contributed by atoms with E-state index in [2.05, 4.69) is 40.3 Å². The molecule has 7 heteroatoms. The minimum atomic E-state index is -0.368. The molecule has 2 rings (SSSR count). The minimum Gasteiger partial charge on any atom is -0.503 e. The number of rotatable bonds is 8. The van der Waals surface area contributed by atoms with Crippen molar-refractivity contribution in [3.63, 3.8) is 0 Å². The first-order valence-corrected chi connectivity index (χ1v) is 9.40. The first-order chi connectivity index (χ1) is 12.9. The van der Waals surface area contributed by atoms with Crippen molar-refractivity contribution in [2.45, 2.75) is 26.7 Å². The van der Waals surface area contributed by atoms with Gasteiger partial charge in [0.2, 0.25) is 0 Å². The van der Waals surface area contributed by atoms with Gasteiger partial charge in [-0.2, -0.15) is 5.10 Å². The Bertz CT molecular complexity index is 822. The Morgan fingerprint density at radius 1 is 1.26 bits per heavy atom. The number of phenolic OH excluding ortho intramolecular Hbond substituents is 1. The number of carbonyl (C=O) groups excluding carboxylic acids is 1. The van der Waals surface area contributed by atoms with Gasteiger partial charge in [0.25, 0.3) is 5.91 Å². The Kier molecular flexibility index (Phi) is 7.67. The molecule has 0 radical (unpaired) electrons. The molecule has 0 saturated carbocycles. The Labute approximate surface area is 167 Å². The van der Waals surface area contributed by atoms with Crippen LogP contribution in [0, 0.1) is 0 Å². The largest absolute Gasteiger partial charge is 0.503 e. The zero-order valence-corrected chi connectivity index (χ0v) is 17.1. The summed E-state index contributed by atoms with van der Waals surface area (Å²) in [5, 5.41) is 13.8. The molecule has 0 bridgehead atoms. The average Bonchev–Trinajstić information content (AvgIpc) is 2.64. The first-order valence-electron chi connectivity index (χ1n) is 8.61. The number of halogens is 1. The SMILES string of the molecule is CCOc1cc(/C=N/NC(=O)COc2ccccc2C(C)C)cc(Br)c1O. The van der Waals surface area contributed by atoms with Gasteiger partial charge in [0.05, 0.1) is 17.3 Å². The summed E-state index contributed by atoms with van der Waals surface area (Å²) in [6, 6.07) is 10.9. The van der Waals surface area contributed by atoms with Gasteiger partial charge < -0.3 is 14.6 Å². The van der Waals surface area contributed by atoms with Crippen LogP contribution in [0.5, 0.6) is 17.2 Å². The number of phenols is 1. The number of hydrogen-bond donors (Lipinski definition) is 2. The highest BCUT2D eigenvalue weighted by Gasteiger charge is 2.10. The van der Waals surface area contributed by atoms with Crippen LogP contribution in [0.25, 0.3) is 0 Å². The highest BCUT2D eigenvalue weighted by Crippen LogP contribution is 2.35. The molecule has 0 heterocycles. The van der Waals surface area contributed by atoms with Gasteiger partial charge in [-0.15, -0.1) is 0 Å². The highest BCUT2D eigenvalue weighted by molar-refractivity contribution is 9.10. The molecule has 27 heavy (non-hydrogen) atoms. The number of nitrogens with zero attached hydrogens (tertiary/aromatic N) is 1. The van der Waals surface area contributed by atoms with Crippen molar-refractivity contribution in [1.82, 2.24) is 5.43 Å². The van der Waals surface area contributed by atoms with Gasteiger partial charge >= 0.3 is 0 Å². The highest BCUT2D eigenvalue weighted by atomic mass is 79.9. The molecule has 0 fully saturated rings. The summed E-state index contributed by atoms with van der Waals surface area (Å²) in [6.07, 6.45) is 1.46. The Morgan fingerprint density at radius 2 is 2.00 bits per heavy atom. The van der Waals surface area contributed by atoms with E-state index in [0.29, 0.717) is 34.1 Å². The van der Waals surface area contributed by atoms with Gasteiger partial charge in [-0.3, -0.25) is 4.79 Å². The molecule has 0 unspecified atom stereocenters. The third-order valence-electron chi connectivity index (χ3n) is 3.65. The second-order valence-electron chi connectivity index (χ2n) is 6.06. The molecule has 2 N–H and O–H groups in total. The Balaban J connectivity index is 1.94. The van der Waals surface area contributed by atoms with E-state index in [4.69, 9.17) is 9.47 Å². The van der Waals surface area contributed by atoms with E-state index < -0.39 is 0 Å². The smallest absolute Gasteiger partial charge is 0.277 e. The lowest BCUT2D eigenvalue weighted by atomic mass is 10.0. The number of amides is 1. The lowest BCUT2D eigenvalue weighted by molar-refractivity contribution is -0.123. The molecule has 0 aliphatic heterocycles. The minimum absolute atomic E-state index is 0.0234.